The second-order valence-corrected chi connectivity index (χ2v) is 36.6. The third-order valence-electron chi connectivity index (χ3n) is 28.3. The van der Waals surface area contributed by atoms with E-state index < -0.39 is 5.41 Å². The first-order chi connectivity index (χ1) is 64.2. The van der Waals surface area contributed by atoms with Crippen LogP contribution in [0.5, 0.6) is 0 Å². The number of hydrogen-bond donors (Lipinski definition) is 0. The number of halogens is 2. The average Bonchev–Trinajstić information content (AvgIpc) is 1.56. The number of benzene rings is 6. The maximum atomic E-state index is 12.7. The number of nitro benzene ring substituents is 4. The van der Waals surface area contributed by atoms with Crippen LogP contribution in [0.4, 0.5) is 22.7 Å². The Kier molecular flexibility index (Phi) is 28.4. The summed E-state index contributed by atoms with van der Waals surface area (Å²) in [5.41, 5.74) is 41.1. The van der Waals surface area contributed by atoms with Crippen molar-refractivity contribution in [2.75, 3.05) is 0 Å². The van der Waals surface area contributed by atoms with E-state index in [-0.39, 0.29) is 81.4 Å². The van der Waals surface area contributed by atoms with Crippen molar-refractivity contribution in [1.82, 2.24) is 39.9 Å². The predicted molar refractivity (Wildman–Crippen MR) is 548 cm³/mol. The minimum absolute atomic E-state index is 0. The first kappa shape index (κ1) is 97.9. The molecular weight excluding hydrogens is 1920 g/mol. The molecular formula is C111H108Br2N12O8Zn2. The van der Waals surface area contributed by atoms with E-state index >= 15 is 0 Å². The van der Waals surface area contributed by atoms with Gasteiger partial charge in [0.25, 0.3) is 22.7 Å². The largest absolute Gasteiger partial charge is 2.00 e. The third kappa shape index (κ3) is 15.8. The van der Waals surface area contributed by atoms with E-state index in [1.807, 2.05) is 48.5 Å². The molecule has 12 aromatic rings. The van der Waals surface area contributed by atoms with E-state index in [4.69, 9.17) is 39.9 Å². The first-order valence-electron chi connectivity index (χ1n) is 47.3. The van der Waals surface area contributed by atoms with Crippen LogP contribution in [0.25, 0.3) is 167 Å². The maximum Gasteiger partial charge on any atom is 2.00 e. The molecule has 678 valence electrons. The Hall–Kier alpha value is -11.7. The molecule has 1 aliphatic carbocycles. The Morgan fingerprint density at radius 3 is 0.615 bits per heavy atom. The molecule has 135 heavy (non-hydrogen) atoms. The van der Waals surface area contributed by atoms with Crippen LogP contribution in [0.3, 0.4) is 0 Å². The summed E-state index contributed by atoms with van der Waals surface area (Å²) in [6.45, 7) is 39.3. The summed E-state index contributed by atoms with van der Waals surface area (Å²) in [6, 6.07) is 41.1. The number of hydrogen-bond acceptors (Lipinski definition) is 12. The summed E-state index contributed by atoms with van der Waals surface area (Å²) in [7, 11) is 0. The van der Waals surface area contributed by atoms with Gasteiger partial charge in [0, 0.05) is 62.9 Å². The van der Waals surface area contributed by atoms with Crippen molar-refractivity contribution >= 4 is 143 Å². The summed E-state index contributed by atoms with van der Waals surface area (Å²) < 4.78 is 1.47. The number of non-ortho nitro benzene ring substituents is 4. The molecule has 0 N–H and O–H groups in total. The zero-order valence-electron chi connectivity index (χ0n) is 80.3. The molecule has 0 spiro atoms. The zero-order valence-corrected chi connectivity index (χ0v) is 89.4. The van der Waals surface area contributed by atoms with Crippen LogP contribution in [-0.2, 0) is 95.7 Å². The van der Waals surface area contributed by atoms with Gasteiger partial charge in [-0.3, -0.25) is 40.5 Å². The van der Waals surface area contributed by atoms with Crippen LogP contribution in [-0.4, -0.2) is 39.6 Å². The smallest absolute Gasteiger partial charge is 0.656 e. The third-order valence-corrected chi connectivity index (χ3v) is 29.8. The molecule has 0 saturated carbocycles. The predicted octanol–water partition coefficient (Wildman–Crippen LogP) is 30.3. The monoisotopic (exact) mass is 2020 g/mol. The molecule has 10 heterocycles. The second-order valence-electron chi connectivity index (χ2n) is 35.0. The molecule has 5 aliphatic rings. The summed E-state index contributed by atoms with van der Waals surface area (Å²) >= 11 is 8.49. The van der Waals surface area contributed by atoms with Crippen LogP contribution < -0.4 is 19.9 Å². The standard InChI is InChI=1S/C111H108Br2N12O8.2Zn/c1-19-67-71(23-5)103-91(104-72(24-6)68(20-2)96(115-104)88(58-37-47-64(48-38-58)123(128)129)100-76(28-10)80(32-14)108(119-100)93(112)107-79(31-13)75(27-9)99(118-107)87(95(67)114-103)57-35-45-63(46-36-57)122(126)127)61-43-53-83-84-54-44-62(56-86(84)111(17,18)85(83)55-61)92-105-73(25-7)69(21-3)97(116-105)89(59-39-49-65(50-40-59)124(130)131)101-77(29-11)81(33-15)109(120-101)94(113)110-82(34-16)78(30-12)102(121-110)90(60-41-51-66(52-42-60)125(132)133)98-70(22-4)74(26-8)106(92)117-98;;/h35-56H,19-34H2,1-18H3;;/q-4;2*+2. The molecule has 6 aromatic carbocycles. The molecule has 4 aliphatic heterocycles. The topological polar surface area (TPSA) is 281 Å². The first-order valence-corrected chi connectivity index (χ1v) is 48.9. The summed E-state index contributed by atoms with van der Waals surface area (Å²) in [5, 5.41) is 50.6. The van der Waals surface area contributed by atoms with Crippen molar-refractivity contribution in [3.05, 3.63) is 284 Å². The van der Waals surface area contributed by atoms with Gasteiger partial charge in [-0.1, -0.05) is 193 Å². The van der Waals surface area contributed by atoms with E-state index in [0.717, 1.165) is 277 Å². The fraction of sp³-hybridized carbons (Fsp3) is 0.315. The average molecular weight is 2030 g/mol. The summed E-state index contributed by atoms with van der Waals surface area (Å²) in [4.78, 5) is 97.2. The van der Waals surface area contributed by atoms with Gasteiger partial charge in [0.15, 0.2) is 0 Å². The molecule has 0 radical (unpaired) electrons. The Morgan fingerprint density at radius 2 is 0.422 bits per heavy atom. The Balaban J connectivity index is 0.00000694. The van der Waals surface area contributed by atoms with Crippen molar-refractivity contribution in [3.8, 4) is 77.9 Å². The van der Waals surface area contributed by atoms with Gasteiger partial charge < -0.3 is 19.9 Å². The van der Waals surface area contributed by atoms with Gasteiger partial charge in [-0.2, -0.15) is 0 Å². The molecule has 24 heteroatoms. The van der Waals surface area contributed by atoms with E-state index in [1.54, 1.807) is 48.5 Å². The van der Waals surface area contributed by atoms with Crippen molar-refractivity contribution in [3.63, 3.8) is 0 Å². The van der Waals surface area contributed by atoms with E-state index in [1.165, 1.54) is 0 Å². The molecule has 0 amide bonds. The number of fused-ring (bicyclic) bond motifs is 19. The van der Waals surface area contributed by atoms with Crippen LogP contribution in [0.1, 0.15) is 277 Å². The number of rotatable bonds is 26. The number of aromatic nitrogens is 8. The molecule has 6 aromatic heterocycles. The van der Waals surface area contributed by atoms with Crippen molar-refractivity contribution in [1.29, 1.82) is 0 Å². The molecule has 0 atom stereocenters. The SMILES string of the molecule is CCC1=C(CC)c2nc1c(Br)c1[n-]c(c(CC)c1CC)c(-c1ccc([N+](=O)[O-])cc1)c1nc(c(-c3ccc4c(c3)C(C)(C)c3cc(-c5c6nc(c(-c7ccc([N+](=O)[O-])cc7)c7[n-]c(c(Br)c8nc(c(-c9ccc([N+](=O)[O-])cc9)c9[n-]c5c(CC)c9CC)C(CC)=C8CC)c(CC)c7CC)C(CC)=C6CC)ccc3-4)c3[n-]c(c(CC)c3CC)c2-c2ccc([N+](=O)[O-])cc2)C(CC)=C1CC.[Zn+2].[Zn+2]. The van der Waals surface area contributed by atoms with Crippen LogP contribution in [0, 0.1) is 40.5 Å². The number of nitro groups is 4. The van der Waals surface area contributed by atoms with Crippen molar-refractivity contribution in [2.45, 2.75) is 233 Å². The quantitative estimate of drug-likeness (QED) is 0.0277. The Labute approximate surface area is 829 Å². The number of aryl methyl sites for hydroxylation is 8. The van der Waals surface area contributed by atoms with Gasteiger partial charge in [0.2, 0.25) is 0 Å². The summed E-state index contributed by atoms with van der Waals surface area (Å²) in [6.07, 6.45) is 9.48. The minimum Gasteiger partial charge on any atom is -0.656 e. The molecule has 16 bridgehead atoms. The van der Waals surface area contributed by atoms with Gasteiger partial charge in [-0.25, -0.2) is 19.9 Å². The molecule has 0 saturated heterocycles. The summed E-state index contributed by atoms with van der Waals surface area (Å²) in [5.74, 6) is 0. The van der Waals surface area contributed by atoms with Crippen molar-refractivity contribution in [2.24, 2.45) is 0 Å². The second kappa shape index (κ2) is 39.2. The van der Waals surface area contributed by atoms with Gasteiger partial charge in [-0.05, 0) is 329 Å². The number of nitrogens with zero attached hydrogens (tertiary/aromatic N) is 12. The fourth-order valence-corrected chi connectivity index (χ4v) is 23.5. The maximum absolute atomic E-state index is 12.7. The van der Waals surface area contributed by atoms with E-state index in [0.29, 0.717) is 103 Å². The van der Waals surface area contributed by atoms with Gasteiger partial charge >= 0.3 is 39.0 Å². The van der Waals surface area contributed by atoms with Gasteiger partial charge in [0.1, 0.15) is 0 Å². The normalized spacial score (nSPS) is 13.3. The van der Waals surface area contributed by atoms with Crippen LogP contribution >= 0.6 is 31.9 Å². The molecule has 0 unspecified atom stereocenters. The molecule has 17 rings (SSSR count). The number of allylic oxidation sites excluding steroid dienone is 8. The van der Waals surface area contributed by atoms with Gasteiger partial charge in [-0.15, -0.1) is 44.1 Å². The van der Waals surface area contributed by atoms with E-state index in [2.05, 4.69) is 193 Å². The molecule has 20 nitrogen and oxygen atoms in total. The fourth-order valence-electron chi connectivity index (χ4n) is 22.1. The van der Waals surface area contributed by atoms with Crippen LogP contribution in [0.2, 0.25) is 0 Å². The zero-order chi connectivity index (χ0) is 94.5. The Bertz CT molecular complexity index is 6940. The minimum atomic E-state index is -0.738. The molecule has 0 fully saturated rings. The van der Waals surface area contributed by atoms with Crippen LogP contribution in [0.15, 0.2) is 142 Å². The van der Waals surface area contributed by atoms with E-state index in [9.17, 15) is 40.5 Å². The van der Waals surface area contributed by atoms with Gasteiger partial charge in [0.05, 0.1) is 65.2 Å². The Morgan fingerprint density at radius 1 is 0.252 bits per heavy atom. The van der Waals surface area contributed by atoms with Crippen molar-refractivity contribution < 1.29 is 58.6 Å².